The van der Waals surface area contributed by atoms with Gasteiger partial charge in [-0.3, -0.25) is 9.59 Å². The zero-order valence-electron chi connectivity index (χ0n) is 20.5. The van der Waals surface area contributed by atoms with E-state index in [9.17, 15) is 14.7 Å². The number of likely N-dealkylation sites (N-methyl/N-ethyl adjacent to an activating group) is 1. The fourth-order valence-corrected chi connectivity index (χ4v) is 4.51. The number of ketones is 1. The molecule has 8 nitrogen and oxygen atoms in total. The lowest BCUT2D eigenvalue weighted by Gasteiger charge is -2.28. The zero-order valence-corrected chi connectivity index (χ0v) is 20.5. The molecular weight excluding hydrogens is 448 g/mol. The molecule has 35 heavy (non-hydrogen) atoms. The highest BCUT2D eigenvalue weighted by Gasteiger charge is 2.46. The van der Waals surface area contributed by atoms with Crippen molar-refractivity contribution in [3.05, 3.63) is 59.2 Å². The Balaban J connectivity index is 1.77. The second-order valence-electron chi connectivity index (χ2n) is 8.38. The fourth-order valence-electron chi connectivity index (χ4n) is 4.51. The highest BCUT2D eigenvalue weighted by molar-refractivity contribution is 6.46. The van der Waals surface area contributed by atoms with Crippen LogP contribution in [-0.2, 0) is 9.59 Å². The van der Waals surface area contributed by atoms with Crippen molar-refractivity contribution in [3.63, 3.8) is 0 Å². The molecule has 2 heterocycles. The largest absolute Gasteiger partial charge is 0.507 e. The molecule has 1 N–H and O–H groups in total. The number of likely N-dealkylation sites (tertiary alicyclic amines) is 1. The predicted octanol–water partition coefficient (Wildman–Crippen LogP) is 3.62. The number of nitrogens with zero attached hydrogens (tertiary/aromatic N) is 2. The van der Waals surface area contributed by atoms with Gasteiger partial charge in [-0.2, -0.15) is 0 Å². The summed E-state index contributed by atoms with van der Waals surface area (Å²) in [6, 6.07) is 11.6. The molecule has 1 fully saturated rings. The van der Waals surface area contributed by atoms with Gasteiger partial charge in [-0.05, 0) is 55.9 Å². The Bertz CT molecular complexity index is 1110. The van der Waals surface area contributed by atoms with Crippen molar-refractivity contribution in [2.75, 3.05) is 46.0 Å². The molecule has 2 aromatic carbocycles. The molecule has 0 aromatic heterocycles. The number of carbonyl (C=O) groups excluding carboxylic acids is 2. The smallest absolute Gasteiger partial charge is 0.295 e. The van der Waals surface area contributed by atoms with Crippen LogP contribution in [0.2, 0.25) is 0 Å². The Morgan fingerprint density at radius 2 is 1.71 bits per heavy atom. The van der Waals surface area contributed by atoms with E-state index in [0.29, 0.717) is 55.7 Å². The summed E-state index contributed by atoms with van der Waals surface area (Å²) >= 11 is 0. The number of rotatable bonds is 9. The van der Waals surface area contributed by atoms with Crippen molar-refractivity contribution >= 4 is 17.4 Å². The molecule has 2 aromatic rings. The van der Waals surface area contributed by atoms with E-state index in [1.807, 2.05) is 31.2 Å². The maximum absolute atomic E-state index is 13.3. The summed E-state index contributed by atoms with van der Waals surface area (Å²) in [6.45, 7) is 10.1. The molecule has 0 aliphatic carbocycles. The number of ether oxygens (including phenoxy) is 3. The van der Waals surface area contributed by atoms with E-state index < -0.39 is 17.7 Å². The molecule has 1 unspecified atom stereocenters. The van der Waals surface area contributed by atoms with Gasteiger partial charge in [-0.25, -0.2) is 0 Å². The van der Waals surface area contributed by atoms with Crippen LogP contribution >= 0.6 is 0 Å². The minimum absolute atomic E-state index is 0.0652. The van der Waals surface area contributed by atoms with Crippen molar-refractivity contribution in [2.45, 2.75) is 26.8 Å². The molecule has 2 aliphatic heterocycles. The fraction of sp³-hybridized carbons (Fsp3) is 0.407. The number of hydrogen-bond acceptors (Lipinski definition) is 7. The molecule has 0 bridgehead atoms. The third-order valence-electron chi connectivity index (χ3n) is 6.41. The lowest BCUT2D eigenvalue weighted by Crippen LogP contribution is -2.38. The maximum Gasteiger partial charge on any atom is 0.295 e. The van der Waals surface area contributed by atoms with Crippen molar-refractivity contribution in [1.82, 2.24) is 9.80 Å². The summed E-state index contributed by atoms with van der Waals surface area (Å²) in [5.41, 5.74) is 1.19. The quantitative estimate of drug-likeness (QED) is 0.333. The molecular formula is C27H32N2O6. The lowest BCUT2D eigenvalue weighted by atomic mass is 9.95. The van der Waals surface area contributed by atoms with E-state index >= 15 is 0 Å². The number of hydrogen-bond donors (Lipinski definition) is 1. The van der Waals surface area contributed by atoms with Gasteiger partial charge in [0, 0.05) is 18.7 Å². The SMILES string of the molecule is CCOc1ccc(C2/C(=C(/O)c3ccc4c(c3)OCCO4)C(=O)C(=O)N2CCN(CC)CC)cc1. The summed E-state index contributed by atoms with van der Waals surface area (Å²) in [6.07, 6.45) is 0. The lowest BCUT2D eigenvalue weighted by molar-refractivity contribution is -0.140. The summed E-state index contributed by atoms with van der Waals surface area (Å²) in [4.78, 5) is 30.2. The minimum atomic E-state index is -0.713. The topological polar surface area (TPSA) is 88.5 Å². The van der Waals surface area contributed by atoms with Crippen LogP contribution in [-0.4, -0.2) is 72.6 Å². The number of Topliss-reactive ketones (excluding diaryl/α,β-unsaturated/α-hetero) is 1. The standard InChI is InChI=1S/C27H32N2O6/c1-4-28(5-2)13-14-29-24(18-7-10-20(11-8-18)33-6-3)23(26(31)27(29)32)25(30)19-9-12-21-22(17-19)35-16-15-34-21/h7-12,17,24,30H,4-6,13-16H2,1-3H3/b25-23-. The summed E-state index contributed by atoms with van der Waals surface area (Å²) in [5, 5.41) is 11.3. The van der Waals surface area contributed by atoms with Crippen LogP contribution in [0.1, 0.15) is 37.9 Å². The number of benzene rings is 2. The summed E-state index contributed by atoms with van der Waals surface area (Å²) in [5.74, 6) is 0.225. The second kappa shape index (κ2) is 10.8. The number of aliphatic hydroxyl groups is 1. The molecule has 8 heteroatoms. The Morgan fingerprint density at radius 1 is 1.03 bits per heavy atom. The highest BCUT2D eigenvalue weighted by Crippen LogP contribution is 2.41. The van der Waals surface area contributed by atoms with Crippen LogP contribution < -0.4 is 14.2 Å². The molecule has 1 amide bonds. The Labute approximate surface area is 205 Å². The predicted molar refractivity (Wildman–Crippen MR) is 132 cm³/mol. The van der Waals surface area contributed by atoms with Crippen molar-refractivity contribution in [3.8, 4) is 17.2 Å². The van der Waals surface area contributed by atoms with E-state index in [2.05, 4.69) is 18.7 Å². The second-order valence-corrected chi connectivity index (χ2v) is 8.38. The van der Waals surface area contributed by atoms with Gasteiger partial charge in [0.15, 0.2) is 11.5 Å². The van der Waals surface area contributed by atoms with Crippen LogP contribution in [0.5, 0.6) is 17.2 Å². The first-order valence-corrected chi connectivity index (χ1v) is 12.1. The Morgan fingerprint density at radius 3 is 2.37 bits per heavy atom. The highest BCUT2D eigenvalue weighted by atomic mass is 16.6. The average molecular weight is 481 g/mol. The normalized spacial score (nSPS) is 18.9. The van der Waals surface area contributed by atoms with Crippen molar-refractivity contribution < 1.29 is 28.9 Å². The molecule has 186 valence electrons. The van der Waals surface area contributed by atoms with Crippen LogP contribution in [0.4, 0.5) is 0 Å². The first kappa shape index (κ1) is 24.6. The van der Waals surface area contributed by atoms with Gasteiger partial charge < -0.3 is 29.1 Å². The molecule has 2 aliphatic rings. The average Bonchev–Trinajstić information content (AvgIpc) is 3.14. The van der Waals surface area contributed by atoms with Gasteiger partial charge in [0.1, 0.15) is 24.7 Å². The summed E-state index contributed by atoms with van der Waals surface area (Å²) < 4.78 is 16.8. The zero-order chi connectivity index (χ0) is 24.9. The van der Waals surface area contributed by atoms with Gasteiger partial charge in [0.2, 0.25) is 0 Å². The molecule has 0 saturated carbocycles. The summed E-state index contributed by atoms with van der Waals surface area (Å²) in [7, 11) is 0. The Kier molecular flexibility index (Phi) is 7.60. The van der Waals surface area contributed by atoms with Gasteiger partial charge in [0.25, 0.3) is 11.7 Å². The monoisotopic (exact) mass is 480 g/mol. The van der Waals surface area contributed by atoms with E-state index in [1.165, 1.54) is 0 Å². The van der Waals surface area contributed by atoms with Crippen LogP contribution in [0.3, 0.4) is 0 Å². The van der Waals surface area contributed by atoms with Gasteiger partial charge >= 0.3 is 0 Å². The Hall–Kier alpha value is -3.52. The minimum Gasteiger partial charge on any atom is -0.507 e. The molecule has 0 spiro atoms. The maximum atomic E-state index is 13.3. The number of aliphatic hydroxyl groups excluding tert-OH is 1. The third kappa shape index (κ3) is 4.98. The molecule has 4 rings (SSSR count). The molecule has 1 atom stereocenters. The van der Waals surface area contributed by atoms with E-state index in [0.717, 1.165) is 18.7 Å². The van der Waals surface area contributed by atoms with Crippen LogP contribution in [0.15, 0.2) is 48.0 Å². The third-order valence-corrected chi connectivity index (χ3v) is 6.41. The molecule has 0 radical (unpaired) electrons. The molecule has 1 saturated heterocycles. The number of fused-ring (bicyclic) bond motifs is 1. The first-order chi connectivity index (χ1) is 17.0. The number of amides is 1. The van der Waals surface area contributed by atoms with Crippen LogP contribution in [0.25, 0.3) is 5.76 Å². The van der Waals surface area contributed by atoms with E-state index in [1.54, 1.807) is 23.1 Å². The van der Waals surface area contributed by atoms with Gasteiger partial charge in [-0.15, -0.1) is 0 Å². The van der Waals surface area contributed by atoms with Crippen molar-refractivity contribution in [1.29, 1.82) is 0 Å². The van der Waals surface area contributed by atoms with Crippen LogP contribution in [0, 0.1) is 0 Å². The first-order valence-electron chi connectivity index (χ1n) is 12.1. The number of carbonyl (C=O) groups is 2. The van der Waals surface area contributed by atoms with Crippen molar-refractivity contribution in [2.24, 2.45) is 0 Å². The van der Waals surface area contributed by atoms with E-state index in [4.69, 9.17) is 14.2 Å². The van der Waals surface area contributed by atoms with Gasteiger partial charge in [0.05, 0.1) is 18.2 Å². The van der Waals surface area contributed by atoms with Gasteiger partial charge in [-0.1, -0.05) is 26.0 Å². The van der Waals surface area contributed by atoms with E-state index in [-0.39, 0.29) is 11.3 Å².